The van der Waals surface area contributed by atoms with Crippen molar-refractivity contribution >= 4 is 16.1 Å². The van der Waals surface area contributed by atoms with Crippen molar-refractivity contribution in [2.45, 2.75) is 45.4 Å². The maximum atomic E-state index is 13.5. The van der Waals surface area contributed by atoms with E-state index < -0.39 is 27.9 Å². The van der Waals surface area contributed by atoms with Gasteiger partial charge in [0.25, 0.3) is 0 Å². The molecular weight excluding hydrogens is 447 g/mol. The number of methoxy groups -OCH3 is 1. The maximum absolute atomic E-state index is 13.5. The van der Waals surface area contributed by atoms with Gasteiger partial charge in [-0.3, -0.25) is 0 Å². The average Bonchev–Trinajstić information content (AvgIpc) is 2.71. The number of ether oxygens (including phenoxy) is 1. The first-order valence-corrected chi connectivity index (χ1v) is 11.6. The number of benzene rings is 2. The van der Waals surface area contributed by atoms with Crippen molar-refractivity contribution < 1.29 is 26.5 Å². The van der Waals surface area contributed by atoms with E-state index in [2.05, 4.69) is 9.97 Å². The second-order valence-electron chi connectivity index (χ2n) is 8.03. The molecular formula is C24H25FN2O5S. The molecule has 0 radical (unpaired) electrons. The van der Waals surface area contributed by atoms with Crippen LogP contribution in [0.3, 0.4) is 0 Å². The minimum Gasteiger partial charge on any atom is -0.465 e. The molecule has 0 N–H and O–H groups in total. The van der Waals surface area contributed by atoms with E-state index in [1.165, 1.54) is 31.4 Å². The van der Waals surface area contributed by atoms with E-state index in [0.717, 1.165) is 5.56 Å². The predicted molar refractivity (Wildman–Crippen MR) is 121 cm³/mol. The molecule has 1 heterocycles. The Kier molecular flexibility index (Phi) is 6.83. The third-order valence-electron chi connectivity index (χ3n) is 5.01. The Morgan fingerprint density at radius 1 is 1.00 bits per heavy atom. The summed E-state index contributed by atoms with van der Waals surface area (Å²) in [6.07, 6.45) is 0. The van der Waals surface area contributed by atoms with Gasteiger partial charge in [-0.15, -0.1) is 0 Å². The van der Waals surface area contributed by atoms with Gasteiger partial charge in [0.2, 0.25) is 0 Å². The topological polar surface area (TPSA) is 95.5 Å². The first-order valence-electron chi connectivity index (χ1n) is 10.2. The SMILES string of the molecule is COC(=O)c1c(-c2ccc(F)cc2)nc(OS(=O)(=O)c2c(C)cc(C)cc2C)nc1C(C)C. The molecule has 0 saturated carbocycles. The van der Waals surface area contributed by atoms with Crippen LogP contribution in [0.5, 0.6) is 6.01 Å². The molecule has 0 amide bonds. The summed E-state index contributed by atoms with van der Waals surface area (Å²) in [5.41, 5.74) is 2.76. The van der Waals surface area contributed by atoms with Crippen LogP contribution in [-0.4, -0.2) is 31.5 Å². The Balaban J connectivity index is 2.23. The lowest BCUT2D eigenvalue weighted by Gasteiger charge is -2.17. The summed E-state index contributed by atoms with van der Waals surface area (Å²) in [7, 11) is -3.06. The number of aryl methyl sites for hydroxylation is 3. The van der Waals surface area contributed by atoms with Crippen LogP contribution in [0.15, 0.2) is 41.3 Å². The normalized spacial score (nSPS) is 11.5. The molecule has 0 aliphatic carbocycles. The fraction of sp³-hybridized carbons (Fsp3) is 0.292. The van der Waals surface area contributed by atoms with Crippen molar-refractivity contribution in [2.75, 3.05) is 7.11 Å². The van der Waals surface area contributed by atoms with Gasteiger partial charge in [0.1, 0.15) is 16.3 Å². The van der Waals surface area contributed by atoms with Crippen LogP contribution in [0.2, 0.25) is 0 Å². The summed E-state index contributed by atoms with van der Waals surface area (Å²) in [6, 6.07) is 8.34. The highest BCUT2D eigenvalue weighted by Crippen LogP contribution is 2.32. The molecule has 0 saturated heterocycles. The zero-order valence-electron chi connectivity index (χ0n) is 19.3. The average molecular weight is 473 g/mol. The number of halogens is 1. The molecule has 1 aromatic heterocycles. The highest BCUT2D eigenvalue weighted by atomic mass is 32.2. The van der Waals surface area contributed by atoms with E-state index in [-0.39, 0.29) is 27.8 Å². The van der Waals surface area contributed by atoms with Gasteiger partial charge in [0.05, 0.1) is 18.5 Å². The summed E-state index contributed by atoms with van der Waals surface area (Å²) in [6.45, 7) is 8.81. The van der Waals surface area contributed by atoms with E-state index in [4.69, 9.17) is 8.92 Å². The molecule has 0 fully saturated rings. The van der Waals surface area contributed by atoms with Crippen LogP contribution in [0, 0.1) is 26.6 Å². The first kappa shape index (κ1) is 24.3. The number of nitrogens with zero attached hydrogens (tertiary/aromatic N) is 2. The van der Waals surface area contributed by atoms with Gasteiger partial charge >= 0.3 is 22.1 Å². The van der Waals surface area contributed by atoms with Crippen molar-refractivity contribution in [3.8, 4) is 17.3 Å². The summed E-state index contributed by atoms with van der Waals surface area (Å²) in [5.74, 6) is -1.47. The summed E-state index contributed by atoms with van der Waals surface area (Å²) < 4.78 is 50.1. The smallest absolute Gasteiger partial charge is 0.342 e. The molecule has 3 rings (SSSR count). The number of carbonyl (C=O) groups is 1. The molecule has 3 aromatic rings. The van der Waals surface area contributed by atoms with Crippen molar-refractivity contribution in [1.82, 2.24) is 9.97 Å². The summed E-state index contributed by atoms with van der Waals surface area (Å²) >= 11 is 0. The van der Waals surface area contributed by atoms with Gasteiger partial charge < -0.3 is 8.92 Å². The summed E-state index contributed by atoms with van der Waals surface area (Å²) in [4.78, 5) is 21.1. The van der Waals surface area contributed by atoms with Gasteiger partial charge in [-0.1, -0.05) is 31.5 Å². The molecule has 0 aliphatic rings. The lowest BCUT2D eigenvalue weighted by Crippen LogP contribution is -2.18. The minimum absolute atomic E-state index is 0.0307. The second kappa shape index (κ2) is 9.27. The number of carbonyl (C=O) groups excluding carboxylic acids is 1. The molecule has 174 valence electrons. The van der Waals surface area contributed by atoms with Crippen LogP contribution in [0.25, 0.3) is 11.3 Å². The van der Waals surface area contributed by atoms with Gasteiger partial charge in [-0.05, 0) is 62.1 Å². The first-order chi connectivity index (χ1) is 15.4. The fourth-order valence-electron chi connectivity index (χ4n) is 3.73. The number of aromatic nitrogens is 2. The standard InChI is InChI=1S/C24H25FN2O5S/c1-13(2)20-19(23(28)31-6)21(17-7-9-18(25)10-8-17)27-24(26-20)32-33(29,30)22-15(4)11-14(3)12-16(22)5/h7-13H,1-6H3. The van der Waals surface area contributed by atoms with Gasteiger partial charge in [0.15, 0.2) is 0 Å². The number of hydrogen-bond acceptors (Lipinski definition) is 7. The number of esters is 1. The van der Waals surface area contributed by atoms with Crippen molar-refractivity contribution in [3.05, 3.63) is 70.2 Å². The van der Waals surface area contributed by atoms with Crippen LogP contribution in [0.1, 0.15) is 52.5 Å². The Morgan fingerprint density at radius 3 is 2.09 bits per heavy atom. The minimum atomic E-state index is -4.28. The third kappa shape index (κ3) is 5.03. The predicted octanol–water partition coefficient (Wildman–Crippen LogP) is 4.89. The Morgan fingerprint density at radius 2 is 1.58 bits per heavy atom. The molecule has 0 atom stereocenters. The molecule has 0 bridgehead atoms. The maximum Gasteiger partial charge on any atom is 0.342 e. The van der Waals surface area contributed by atoms with E-state index in [0.29, 0.717) is 16.7 Å². The van der Waals surface area contributed by atoms with Gasteiger partial charge in [0, 0.05) is 5.56 Å². The molecule has 0 spiro atoms. The molecule has 7 nitrogen and oxygen atoms in total. The van der Waals surface area contributed by atoms with E-state index in [1.54, 1.807) is 39.8 Å². The third-order valence-corrected chi connectivity index (χ3v) is 6.52. The van der Waals surface area contributed by atoms with Gasteiger partial charge in [-0.2, -0.15) is 18.4 Å². The zero-order chi connectivity index (χ0) is 24.5. The number of hydrogen-bond donors (Lipinski definition) is 0. The van der Waals surface area contributed by atoms with Crippen LogP contribution < -0.4 is 4.18 Å². The van der Waals surface area contributed by atoms with E-state index in [9.17, 15) is 17.6 Å². The lowest BCUT2D eigenvalue weighted by atomic mass is 9.98. The Labute approximate surface area is 192 Å². The number of rotatable bonds is 6. The second-order valence-corrected chi connectivity index (χ2v) is 9.52. The largest absolute Gasteiger partial charge is 0.465 e. The molecule has 9 heteroatoms. The van der Waals surface area contributed by atoms with Crippen molar-refractivity contribution in [1.29, 1.82) is 0 Å². The van der Waals surface area contributed by atoms with E-state index in [1.807, 2.05) is 6.92 Å². The van der Waals surface area contributed by atoms with Crippen LogP contribution in [-0.2, 0) is 14.9 Å². The summed E-state index contributed by atoms with van der Waals surface area (Å²) in [5, 5.41) is 0. The highest BCUT2D eigenvalue weighted by Gasteiger charge is 2.28. The van der Waals surface area contributed by atoms with E-state index >= 15 is 0 Å². The Hall–Kier alpha value is -3.33. The Bertz CT molecular complexity index is 1300. The lowest BCUT2D eigenvalue weighted by molar-refractivity contribution is 0.0598. The highest BCUT2D eigenvalue weighted by molar-refractivity contribution is 7.87. The fourth-order valence-corrected chi connectivity index (χ4v) is 4.99. The van der Waals surface area contributed by atoms with Gasteiger partial charge in [-0.25, -0.2) is 9.18 Å². The molecule has 0 aliphatic heterocycles. The van der Waals surface area contributed by atoms with Crippen LogP contribution >= 0.6 is 0 Å². The van der Waals surface area contributed by atoms with Crippen LogP contribution in [0.4, 0.5) is 4.39 Å². The monoisotopic (exact) mass is 472 g/mol. The van der Waals surface area contributed by atoms with Crippen molar-refractivity contribution in [3.63, 3.8) is 0 Å². The van der Waals surface area contributed by atoms with Crippen molar-refractivity contribution in [2.24, 2.45) is 0 Å². The quantitative estimate of drug-likeness (QED) is 0.372. The zero-order valence-corrected chi connectivity index (χ0v) is 20.1. The molecule has 33 heavy (non-hydrogen) atoms. The molecule has 2 aromatic carbocycles. The molecule has 0 unspecified atom stereocenters.